The molecule has 108 valence electrons. The lowest BCUT2D eigenvalue weighted by atomic mass is 10.1. The highest BCUT2D eigenvalue weighted by molar-refractivity contribution is 5.78. The molecule has 1 aromatic carbocycles. The van der Waals surface area contributed by atoms with Crippen molar-refractivity contribution in [3.05, 3.63) is 33.9 Å². The van der Waals surface area contributed by atoms with Crippen LogP contribution >= 0.6 is 0 Å². The van der Waals surface area contributed by atoms with Crippen LogP contribution in [0.3, 0.4) is 0 Å². The molecule has 0 aliphatic carbocycles. The van der Waals surface area contributed by atoms with E-state index in [1.54, 1.807) is 19.2 Å². The van der Waals surface area contributed by atoms with Crippen LogP contribution in [0.25, 0.3) is 0 Å². The molecule has 1 amide bonds. The van der Waals surface area contributed by atoms with E-state index in [-0.39, 0.29) is 11.6 Å². The minimum atomic E-state index is -0.408. The third kappa shape index (κ3) is 3.45. The number of rotatable bonds is 4. The van der Waals surface area contributed by atoms with Gasteiger partial charge in [0.1, 0.15) is 5.69 Å². The van der Waals surface area contributed by atoms with Crippen LogP contribution in [0, 0.1) is 10.1 Å². The molecule has 0 unspecified atom stereocenters. The zero-order valence-electron chi connectivity index (χ0n) is 11.4. The summed E-state index contributed by atoms with van der Waals surface area (Å²) in [6, 6.07) is 5.00. The molecule has 2 N–H and O–H groups in total. The maximum atomic E-state index is 11.5. The fourth-order valence-corrected chi connectivity index (χ4v) is 2.30. The van der Waals surface area contributed by atoms with Crippen LogP contribution in [0.1, 0.15) is 12.0 Å². The zero-order chi connectivity index (χ0) is 14.5. The van der Waals surface area contributed by atoms with Gasteiger partial charge in [0.25, 0.3) is 5.69 Å². The maximum absolute atomic E-state index is 11.5. The number of carbonyl (C=O) groups is 1. The van der Waals surface area contributed by atoms with Gasteiger partial charge in [-0.05, 0) is 18.1 Å². The molecule has 2 rings (SSSR count). The fourth-order valence-electron chi connectivity index (χ4n) is 2.30. The first-order valence-electron chi connectivity index (χ1n) is 6.54. The van der Waals surface area contributed by atoms with Gasteiger partial charge in [0.05, 0.1) is 11.5 Å². The molecule has 0 spiro atoms. The molecule has 0 saturated carbocycles. The maximum Gasteiger partial charge on any atom is 0.292 e. The van der Waals surface area contributed by atoms with Crippen molar-refractivity contribution in [3.63, 3.8) is 0 Å². The molecule has 20 heavy (non-hydrogen) atoms. The average Bonchev–Trinajstić information content (AvgIpc) is 2.62. The van der Waals surface area contributed by atoms with Crippen LogP contribution in [0.4, 0.5) is 11.4 Å². The Hall–Kier alpha value is -2.15. The van der Waals surface area contributed by atoms with Gasteiger partial charge in [-0.2, -0.15) is 0 Å². The number of nitrogens with one attached hydrogen (secondary N) is 2. The largest absolute Gasteiger partial charge is 0.383 e. The van der Waals surface area contributed by atoms with Gasteiger partial charge >= 0.3 is 0 Å². The number of amides is 1. The highest BCUT2D eigenvalue weighted by Crippen LogP contribution is 2.25. The fraction of sp³-hybridized carbons (Fsp3) is 0.462. The number of nitrogens with zero attached hydrogens (tertiary/aromatic N) is 2. The number of hydrogen-bond donors (Lipinski definition) is 2. The summed E-state index contributed by atoms with van der Waals surface area (Å²) >= 11 is 0. The molecule has 1 saturated heterocycles. The average molecular weight is 278 g/mol. The lowest BCUT2D eigenvalue weighted by Crippen LogP contribution is -2.32. The highest BCUT2D eigenvalue weighted by Gasteiger charge is 2.17. The van der Waals surface area contributed by atoms with Crippen LogP contribution in [-0.4, -0.2) is 42.4 Å². The van der Waals surface area contributed by atoms with Gasteiger partial charge in [0, 0.05) is 32.7 Å². The smallest absolute Gasteiger partial charge is 0.292 e. The first-order chi connectivity index (χ1) is 9.60. The molecule has 7 heteroatoms. The molecule has 0 atom stereocenters. The van der Waals surface area contributed by atoms with Crippen LogP contribution in [0.5, 0.6) is 0 Å². The molecule has 1 fully saturated rings. The van der Waals surface area contributed by atoms with E-state index in [4.69, 9.17) is 0 Å². The van der Waals surface area contributed by atoms with Gasteiger partial charge in [-0.25, -0.2) is 0 Å². The Kier molecular flexibility index (Phi) is 4.52. The molecule has 7 nitrogen and oxygen atoms in total. The third-order valence-electron chi connectivity index (χ3n) is 3.27. The van der Waals surface area contributed by atoms with Crippen LogP contribution in [0.2, 0.25) is 0 Å². The summed E-state index contributed by atoms with van der Waals surface area (Å²) in [6.45, 7) is 2.52. The number of nitro groups is 1. The van der Waals surface area contributed by atoms with E-state index in [0.717, 1.165) is 18.5 Å². The first-order valence-corrected chi connectivity index (χ1v) is 6.54. The molecule has 1 aliphatic heterocycles. The van der Waals surface area contributed by atoms with E-state index in [1.807, 2.05) is 4.90 Å². The summed E-state index contributed by atoms with van der Waals surface area (Å²) in [4.78, 5) is 24.0. The molecule has 1 aromatic rings. The van der Waals surface area contributed by atoms with Gasteiger partial charge in [-0.1, -0.05) is 6.07 Å². The number of hydrogen-bond acceptors (Lipinski definition) is 5. The zero-order valence-corrected chi connectivity index (χ0v) is 11.4. The van der Waals surface area contributed by atoms with Crippen LogP contribution in [-0.2, 0) is 11.3 Å². The summed E-state index contributed by atoms with van der Waals surface area (Å²) < 4.78 is 0. The number of benzene rings is 1. The van der Waals surface area contributed by atoms with Crippen molar-refractivity contribution in [2.24, 2.45) is 0 Å². The molecule has 0 aromatic heterocycles. The highest BCUT2D eigenvalue weighted by atomic mass is 16.6. The van der Waals surface area contributed by atoms with Crippen LogP contribution < -0.4 is 10.6 Å². The van der Waals surface area contributed by atoms with Gasteiger partial charge < -0.3 is 10.6 Å². The Morgan fingerprint density at radius 1 is 1.50 bits per heavy atom. The Bertz CT molecular complexity index is 518. The summed E-state index contributed by atoms with van der Waals surface area (Å²) in [5.74, 6) is 0.0262. The van der Waals surface area contributed by atoms with E-state index in [0.29, 0.717) is 25.3 Å². The van der Waals surface area contributed by atoms with Gasteiger partial charge in [0.15, 0.2) is 0 Å². The standard InChI is InChI=1S/C13H18N4O3/c1-14-11-7-10(3-4-12(11)17(19)20)8-16-6-2-5-15-13(18)9-16/h3-4,7,14H,2,5-6,8-9H2,1H3,(H,15,18). The van der Waals surface area contributed by atoms with Crippen molar-refractivity contribution >= 4 is 17.3 Å². The van der Waals surface area contributed by atoms with E-state index >= 15 is 0 Å². The van der Waals surface area contributed by atoms with Crippen molar-refractivity contribution in [2.75, 3.05) is 32.0 Å². The SMILES string of the molecule is CNc1cc(CN2CCCNC(=O)C2)ccc1[N+](=O)[O-]. The molecule has 0 bridgehead atoms. The second-order valence-electron chi connectivity index (χ2n) is 4.77. The van der Waals surface area contributed by atoms with Crippen molar-refractivity contribution in [3.8, 4) is 0 Å². The predicted molar refractivity (Wildman–Crippen MR) is 75.5 cm³/mol. The van der Waals surface area contributed by atoms with Crippen molar-refractivity contribution < 1.29 is 9.72 Å². The second-order valence-corrected chi connectivity index (χ2v) is 4.77. The van der Waals surface area contributed by atoms with E-state index in [1.165, 1.54) is 6.07 Å². The Labute approximate surface area is 117 Å². The molecule has 1 aliphatic rings. The minimum absolute atomic E-state index is 0.0262. The van der Waals surface area contributed by atoms with Crippen molar-refractivity contribution in [1.82, 2.24) is 10.2 Å². The summed E-state index contributed by atoms with van der Waals surface area (Å²) in [5.41, 5.74) is 1.51. The van der Waals surface area contributed by atoms with E-state index in [2.05, 4.69) is 10.6 Å². The number of anilines is 1. The normalized spacial score (nSPS) is 16.4. The quantitative estimate of drug-likeness (QED) is 0.632. The first kappa shape index (κ1) is 14.3. The van der Waals surface area contributed by atoms with E-state index in [9.17, 15) is 14.9 Å². The Morgan fingerprint density at radius 3 is 3.00 bits per heavy atom. The number of carbonyl (C=O) groups excluding carboxylic acids is 1. The summed E-state index contributed by atoms with van der Waals surface area (Å²) in [7, 11) is 1.66. The third-order valence-corrected chi connectivity index (χ3v) is 3.27. The Balaban J connectivity index is 2.12. The second kappa shape index (κ2) is 6.33. The Morgan fingerprint density at radius 2 is 2.30 bits per heavy atom. The van der Waals surface area contributed by atoms with Gasteiger partial charge in [0.2, 0.25) is 5.91 Å². The van der Waals surface area contributed by atoms with Gasteiger partial charge in [-0.15, -0.1) is 0 Å². The number of nitro benzene ring substituents is 1. The minimum Gasteiger partial charge on any atom is -0.383 e. The van der Waals surface area contributed by atoms with Crippen molar-refractivity contribution in [1.29, 1.82) is 0 Å². The van der Waals surface area contributed by atoms with Crippen molar-refractivity contribution in [2.45, 2.75) is 13.0 Å². The molecular weight excluding hydrogens is 260 g/mol. The lowest BCUT2D eigenvalue weighted by Gasteiger charge is -2.18. The lowest BCUT2D eigenvalue weighted by molar-refractivity contribution is -0.384. The van der Waals surface area contributed by atoms with E-state index < -0.39 is 4.92 Å². The summed E-state index contributed by atoms with van der Waals surface area (Å²) in [5, 5.41) is 16.5. The topological polar surface area (TPSA) is 87.5 Å². The molecule has 1 heterocycles. The monoisotopic (exact) mass is 278 g/mol. The van der Waals surface area contributed by atoms with Gasteiger partial charge in [-0.3, -0.25) is 19.8 Å². The van der Waals surface area contributed by atoms with Crippen LogP contribution in [0.15, 0.2) is 18.2 Å². The molecule has 0 radical (unpaired) electrons. The summed E-state index contributed by atoms with van der Waals surface area (Å²) in [6.07, 6.45) is 0.914. The molecular formula is C13H18N4O3. The predicted octanol–water partition coefficient (Wildman–Crippen LogP) is 0.958.